The van der Waals surface area contributed by atoms with Crippen molar-refractivity contribution in [3.63, 3.8) is 0 Å². The summed E-state index contributed by atoms with van der Waals surface area (Å²) in [5.74, 6) is 6.44. The number of carbonyl (C=O) groups excluding carboxylic acids is 1. The Bertz CT molecular complexity index is 617. The van der Waals surface area contributed by atoms with Crippen molar-refractivity contribution in [2.75, 3.05) is 11.9 Å². The zero-order chi connectivity index (χ0) is 14.9. The minimum absolute atomic E-state index is 0.476. The molecule has 3 nitrogen and oxygen atoms in total. The summed E-state index contributed by atoms with van der Waals surface area (Å²) in [6.07, 6.45) is 1.29. The van der Waals surface area contributed by atoms with Crippen molar-refractivity contribution in [1.29, 1.82) is 0 Å². The Morgan fingerprint density at radius 3 is 2.43 bits per heavy atom. The van der Waals surface area contributed by atoms with Gasteiger partial charge in [-0.15, -0.1) is 0 Å². The highest BCUT2D eigenvalue weighted by Gasteiger charge is 2.04. The lowest BCUT2D eigenvalue weighted by Gasteiger charge is -2.12. The second-order valence-corrected chi connectivity index (χ2v) is 4.55. The quantitative estimate of drug-likeness (QED) is 0.655. The Hall–Kier alpha value is -2.57. The third-order valence-electron chi connectivity index (χ3n) is 3.03. The summed E-state index contributed by atoms with van der Waals surface area (Å²) in [5.41, 5.74) is 9.46. The number of nitrogens with two attached hydrogens (primary N) is 1. The topological polar surface area (TPSA) is 55.1 Å². The molecule has 0 saturated heterocycles. The van der Waals surface area contributed by atoms with Gasteiger partial charge in [0.2, 0.25) is 0 Å². The Balaban J connectivity index is 0.000000282. The summed E-state index contributed by atoms with van der Waals surface area (Å²) in [7, 11) is 0. The van der Waals surface area contributed by atoms with Gasteiger partial charge in [0.05, 0.1) is 5.69 Å². The molecule has 0 atom stereocenters. The molecule has 0 unspecified atom stereocenters. The van der Waals surface area contributed by atoms with Crippen LogP contribution in [0.4, 0.5) is 5.69 Å². The van der Waals surface area contributed by atoms with E-state index in [1.807, 2.05) is 24.3 Å². The van der Waals surface area contributed by atoms with Gasteiger partial charge in [-0.05, 0) is 30.3 Å². The third-order valence-corrected chi connectivity index (χ3v) is 3.03. The van der Waals surface area contributed by atoms with Gasteiger partial charge in [0.25, 0.3) is 0 Å². The van der Waals surface area contributed by atoms with Crippen molar-refractivity contribution >= 4 is 12.0 Å². The largest absolute Gasteiger partial charge is 0.380 e. The Morgan fingerprint density at radius 1 is 1.05 bits per heavy atom. The van der Waals surface area contributed by atoms with E-state index >= 15 is 0 Å². The molecular weight excluding hydrogens is 260 g/mol. The standard InChI is InChI=1S/C15H11N.C3H7NO/c1-2-7-14-11-16-15-8-4-3-6-13(15)10-9-12(14)5-1;4-2-1-3-5/h1-8,16H,11H2;3H,1-2,4H2. The summed E-state index contributed by atoms with van der Waals surface area (Å²) >= 11 is 0. The van der Waals surface area contributed by atoms with Gasteiger partial charge in [-0.2, -0.15) is 0 Å². The first-order valence-corrected chi connectivity index (χ1v) is 6.91. The molecule has 3 N–H and O–H groups in total. The summed E-state index contributed by atoms with van der Waals surface area (Å²) in [5, 5.41) is 3.42. The van der Waals surface area contributed by atoms with Crippen molar-refractivity contribution in [2.45, 2.75) is 13.0 Å². The van der Waals surface area contributed by atoms with Crippen LogP contribution in [0.2, 0.25) is 0 Å². The normalized spacial score (nSPS) is 10.9. The minimum atomic E-state index is 0.476. The van der Waals surface area contributed by atoms with E-state index in [4.69, 9.17) is 5.73 Å². The SMILES string of the molecule is C1#Cc2ccccc2NCc2ccccc21.NCCC=O. The Morgan fingerprint density at radius 2 is 1.71 bits per heavy atom. The van der Waals surface area contributed by atoms with Crippen molar-refractivity contribution in [2.24, 2.45) is 5.73 Å². The number of hydrogen-bond acceptors (Lipinski definition) is 3. The lowest BCUT2D eigenvalue weighted by Crippen LogP contribution is -2.04. The molecule has 0 aliphatic carbocycles. The molecule has 3 heteroatoms. The monoisotopic (exact) mass is 278 g/mol. The number of aldehydes is 1. The molecule has 2 aromatic rings. The van der Waals surface area contributed by atoms with Gasteiger partial charge < -0.3 is 15.8 Å². The van der Waals surface area contributed by atoms with Crippen LogP contribution in [0.25, 0.3) is 0 Å². The van der Waals surface area contributed by atoms with Gasteiger partial charge in [0.1, 0.15) is 6.29 Å². The van der Waals surface area contributed by atoms with E-state index in [1.54, 1.807) is 0 Å². The number of rotatable bonds is 2. The maximum atomic E-state index is 9.32. The van der Waals surface area contributed by atoms with Gasteiger partial charge in [0.15, 0.2) is 0 Å². The first-order chi connectivity index (χ1) is 10.3. The number of benzene rings is 2. The number of fused-ring (bicyclic) bond motifs is 2. The smallest absolute Gasteiger partial charge is 0.121 e. The van der Waals surface area contributed by atoms with Crippen LogP contribution in [-0.4, -0.2) is 12.8 Å². The molecule has 0 spiro atoms. The van der Waals surface area contributed by atoms with Gasteiger partial charge in [-0.1, -0.05) is 42.2 Å². The molecule has 1 heterocycles. The molecule has 3 rings (SSSR count). The number of anilines is 1. The molecule has 0 bridgehead atoms. The van der Waals surface area contributed by atoms with Crippen molar-refractivity contribution < 1.29 is 4.79 Å². The molecule has 0 fully saturated rings. The average Bonchev–Trinajstić information content (AvgIpc) is 2.51. The van der Waals surface area contributed by atoms with Crippen LogP contribution in [0.1, 0.15) is 23.1 Å². The van der Waals surface area contributed by atoms with Crippen LogP contribution in [-0.2, 0) is 11.3 Å². The fourth-order valence-corrected chi connectivity index (χ4v) is 1.94. The molecule has 1 aliphatic rings. The highest BCUT2D eigenvalue weighted by Crippen LogP contribution is 2.18. The fourth-order valence-electron chi connectivity index (χ4n) is 1.94. The second kappa shape index (κ2) is 7.88. The van der Waals surface area contributed by atoms with Gasteiger partial charge >= 0.3 is 0 Å². The molecule has 0 aromatic heterocycles. The summed E-state index contributed by atoms with van der Waals surface area (Å²) < 4.78 is 0. The van der Waals surface area contributed by atoms with Crippen molar-refractivity contribution in [3.8, 4) is 11.8 Å². The average molecular weight is 278 g/mol. The Kier molecular flexibility index (Phi) is 5.57. The van der Waals surface area contributed by atoms with Crippen LogP contribution in [0, 0.1) is 11.8 Å². The van der Waals surface area contributed by atoms with E-state index in [1.165, 1.54) is 5.56 Å². The molecule has 21 heavy (non-hydrogen) atoms. The van der Waals surface area contributed by atoms with Crippen LogP contribution in [0.5, 0.6) is 0 Å². The zero-order valence-electron chi connectivity index (χ0n) is 11.8. The second-order valence-electron chi connectivity index (χ2n) is 4.55. The predicted molar refractivity (Wildman–Crippen MR) is 85.9 cm³/mol. The fraction of sp³-hybridized carbons (Fsp3) is 0.167. The van der Waals surface area contributed by atoms with Gasteiger partial charge in [0, 0.05) is 24.1 Å². The number of carbonyl (C=O) groups is 1. The molecule has 0 radical (unpaired) electrons. The Labute approximate surface area is 125 Å². The van der Waals surface area contributed by atoms with Crippen molar-refractivity contribution in [3.05, 3.63) is 65.2 Å². The van der Waals surface area contributed by atoms with E-state index < -0.39 is 0 Å². The van der Waals surface area contributed by atoms with Crippen LogP contribution < -0.4 is 11.1 Å². The van der Waals surface area contributed by atoms with E-state index in [-0.39, 0.29) is 0 Å². The number of nitrogens with one attached hydrogen (secondary N) is 1. The first-order valence-electron chi connectivity index (χ1n) is 6.91. The maximum Gasteiger partial charge on any atom is 0.121 e. The molecule has 106 valence electrons. The number of para-hydroxylation sites is 1. The zero-order valence-corrected chi connectivity index (χ0v) is 11.8. The highest BCUT2D eigenvalue weighted by molar-refractivity contribution is 5.62. The first kappa shape index (κ1) is 14.8. The third kappa shape index (κ3) is 4.20. The summed E-state index contributed by atoms with van der Waals surface area (Å²) in [6, 6.07) is 16.4. The van der Waals surface area contributed by atoms with E-state index in [0.717, 1.165) is 29.6 Å². The minimum Gasteiger partial charge on any atom is -0.380 e. The molecule has 2 aromatic carbocycles. The van der Waals surface area contributed by atoms with Gasteiger partial charge in [-0.25, -0.2) is 0 Å². The summed E-state index contributed by atoms with van der Waals surface area (Å²) in [4.78, 5) is 9.32. The highest BCUT2D eigenvalue weighted by atomic mass is 16.1. The molecule has 0 amide bonds. The molecular formula is C18H18N2O. The van der Waals surface area contributed by atoms with Crippen LogP contribution in [0.3, 0.4) is 0 Å². The van der Waals surface area contributed by atoms with Crippen molar-refractivity contribution in [1.82, 2.24) is 0 Å². The maximum absolute atomic E-state index is 9.32. The van der Waals surface area contributed by atoms with Gasteiger partial charge in [-0.3, -0.25) is 0 Å². The molecule has 1 aliphatic heterocycles. The van der Waals surface area contributed by atoms with Crippen LogP contribution in [0.15, 0.2) is 48.5 Å². The lowest BCUT2D eigenvalue weighted by molar-refractivity contribution is -0.107. The van der Waals surface area contributed by atoms with E-state index in [9.17, 15) is 4.79 Å². The van der Waals surface area contributed by atoms with E-state index in [0.29, 0.717) is 13.0 Å². The van der Waals surface area contributed by atoms with E-state index in [2.05, 4.69) is 41.4 Å². The number of hydrogen-bond donors (Lipinski definition) is 2. The lowest BCUT2D eigenvalue weighted by atomic mass is 10.0. The molecule has 0 saturated carbocycles. The van der Waals surface area contributed by atoms with Crippen LogP contribution >= 0.6 is 0 Å². The predicted octanol–water partition coefficient (Wildman–Crippen LogP) is 2.55. The summed E-state index contributed by atoms with van der Waals surface area (Å²) in [6.45, 7) is 1.31.